The molecule has 1 aliphatic rings. The molecule has 1 aliphatic heterocycles. The normalized spacial score (nSPS) is 15.8. The second kappa shape index (κ2) is 19.8. The summed E-state index contributed by atoms with van der Waals surface area (Å²) in [5.41, 5.74) is 8.93. The fourth-order valence-electron chi connectivity index (χ4n) is 6.39. The molecule has 2 amide bonds. The number of hydrogen-bond donors (Lipinski definition) is 3. The summed E-state index contributed by atoms with van der Waals surface area (Å²) in [6, 6.07) is 8.55. The van der Waals surface area contributed by atoms with Crippen molar-refractivity contribution in [1.82, 2.24) is 15.5 Å². The number of carbonyl (C=O) groups is 3. The highest BCUT2D eigenvalue weighted by atomic mass is 32.2. The summed E-state index contributed by atoms with van der Waals surface area (Å²) in [6.07, 6.45) is 2.59. The van der Waals surface area contributed by atoms with E-state index >= 15 is 0 Å². The molecule has 2 aromatic rings. The number of ether oxygens (including phenoxy) is 1. The second-order valence-electron chi connectivity index (χ2n) is 13.3. The van der Waals surface area contributed by atoms with E-state index in [2.05, 4.69) is 10.6 Å². The maximum Gasteiger partial charge on any atom is 0.330 e. The van der Waals surface area contributed by atoms with Gasteiger partial charge in [0.15, 0.2) is 9.84 Å². The Morgan fingerprint density at radius 2 is 1.58 bits per heavy atom. The lowest BCUT2D eigenvalue weighted by Gasteiger charge is -2.32. The van der Waals surface area contributed by atoms with E-state index in [-0.39, 0.29) is 24.4 Å². The monoisotopic (exact) mass is 720 g/mol. The zero-order valence-corrected chi connectivity index (χ0v) is 30.6. The topological polar surface area (TPSA) is 148 Å². The van der Waals surface area contributed by atoms with Crippen LogP contribution in [0.25, 0.3) is 0 Å². The van der Waals surface area contributed by atoms with Crippen LogP contribution in [0.4, 0.5) is 8.78 Å². The van der Waals surface area contributed by atoms with Gasteiger partial charge in [-0.25, -0.2) is 22.0 Å². The lowest BCUT2D eigenvalue weighted by atomic mass is 9.95. The zero-order valence-electron chi connectivity index (χ0n) is 29.8. The van der Waals surface area contributed by atoms with Gasteiger partial charge in [0.1, 0.15) is 23.8 Å². The molecule has 0 aromatic heterocycles. The van der Waals surface area contributed by atoms with E-state index in [0.29, 0.717) is 58.2 Å². The Morgan fingerprint density at radius 1 is 0.960 bits per heavy atom. The number of sulfone groups is 1. The number of esters is 1. The molecule has 3 rings (SSSR count). The van der Waals surface area contributed by atoms with Crippen LogP contribution in [-0.2, 0) is 48.3 Å². The fourth-order valence-corrected chi connectivity index (χ4v) is 8.54. The van der Waals surface area contributed by atoms with Crippen molar-refractivity contribution in [2.24, 2.45) is 11.7 Å². The molecule has 4 N–H and O–H groups in total. The van der Waals surface area contributed by atoms with Gasteiger partial charge in [0, 0.05) is 51.1 Å². The first-order chi connectivity index (χ1) is 23.8. The standard InChI is InChI=1S/C37H54F2N4O6S/c1-5-9-32(10-6-2)50(47,48)24-34(42-36(45)29-13-15-43(16-14-29)25(4)44)37(46)49-35(23-41-22-27-12-8-11-26(7-3)17-27)33(40)20-28-18-30(38)21-31(39)19-28/h8,11-12,17-19,21,29,32-35,41H,5-7,9-10,13-16,20,22-24,40H2,1-4H3,(H,42,45)/t33-,34+,35+/m0/s1. The third-order valence-corrected chi connectivity index (χ3v) is 11.5. The van der Waals surface area contributed by atoms with Gasteiger partial charge in [0.25, 0.3) is 0 Å². The first kappa shape index (κ1) is 41.0. The Bertz CT molecular complexity index is 1510. The number of hydrogen-bond acceptors (Lipinski definition) is 8. The van der Waals surface area contributed by atoms with Gasteiger partial charge in [-0.2, -0.15) is 0 Å². The van der Waals surface area contributed by atoms with Crippen LogP contribution in [0.15, 0.2) is 42.5 Å². The average Bonchev–Trinajstić information content (AvgIpc) is 3.06. The number of piperidine rings is 1. The van der Waals surface area contributed by atoms with Crippen LogP contribution in [0.3, 0.4) is 0 Å². The van der Waals surface area contributed by atoms with Crippen molar-refractivity contribution in [1.29, 1.82) is 0 Å². The van der Waals surface area contributed by atoms with E-state index < -0.39 is 68.5 Å². The molecule has 0 aliphatic carbocycles. The maximum atomic E-state index is 14.0. The predicted octanol–water partition coefficient (Wildman–Crippen LogP) is 4.23. The summed E-state index contributed by atoms with van der Waals surface area (Å²) < 4.78 is 61.4. The molecule has 0 unspecified atom stereocenters. The van der Waals surface area contributed by atoms with E-state index in [1.807, 2.05) is 45.0 Å². The molecule has 0 radical (unpaired) electrons. The molecule has 3 atom stereocenters. The minimum absolute atomic E-state index is 0.0429. The van der Waals surface area contributed by atoms with Gasteiger partial charge in [0.05, 0.1) is 11.0 Å². The summed E-state index contributed by atoms with van der Waals surface area (Å²) >= 11 is 0. The quantitative estimate of drug-likeness (QED) is 0.183. The highest BCUT2D eigenvalue weighted by Crippen LogP contribution is 2.21. The summed E-state index contributed by atoms with van der Waals surface area (Å²) in [7, 11) is -3.86. The Hall–Kier alpha value is -3.42. The Kier molecular flexibility index (Phi) is 16.3. The number of amides is 2. The molecular formula is C37H54F2N4O6S. The zero-order chi connectivity index (χ0) is 36.8. The van der Waals surface area contributed by atoms with Crippen LogP contribution < -0.4 is 16.4 Å². The van der Waals surface area contributed by atoms with Crippen molar-refractivity contribution in [3.05, 3.63) is 70.8 Å². The number of aryl methyl sites for hydroxylation is 1. The molecule has 0 spiro atoms. The molecule has 13 heteroatoms. The van der Waals surface area contributed by atoms with Gasteiger partial charge in [-0.15, -0.1) is 0 Å². The first-order valence-corrected chi connectivity index (χ1v) is 19.4. The molecule has 1 fully saturated rings. The van der Waals surface area contributed by atoms with Crippen LogP contribution in [0.1, 0.15) is 82.9 Å². The number of likely N-dealkylation sites (tertiary alicyclic amines) is 1. The van der Waals surface area contributed by atoms with E-state index in [1.54, 1.807) is 4.90 Å². The van der Waals surface area contributed by atoms with E-state index in [0.717, 1.165) is 35.7 Å². The third kappa shape index (κ3) is 12.7. The highest BCUT2D eigenvalue weighted by Gasteiger charge is 2.37. The molecule has 0 saturated carbocycles. The van der Waals surface area contributed by atoms with E-state index in [1.165, 1.54) is 6.92 Å². The van der Waals surface area contributed by atoms with Crippen LogP contribution in [-0.4, -0.2) is 79.9 Å². The van der Waals surface area contributed by atoms with Crippen molar-refractivity contribution < 1.29 is 36.3 Å². The predicted molar refractivity (Wildman–Crippen MR) is 190 cm³/mol. The van der Waals surface area contributed by atoms with Crippen LogP contribution in [0, 0.1) is 17.6 Å². The Balaban J connectivity index is 1.86. The number of nitrogens with zero attached hydrogens (tertiary/aromatic N) is 1. The summed E-state index contributed by atoms with van der Waals surface area (Å²) in [5, 5.41) is 5.23. The van der Waals surface area contributed by atoms with Gasteiger partial charge in [-0.05, 0) is 67.3 Å². The number of halogens is 2. The largest absolute Gasteiger partial charge is 0.458 e. The lowest BCUT2D eigenvalue weighted by Crippen LogP contribution is -2.54. The molecule has 2 aromatic carbocycles. The first-order valence-electron chi connectivity index (χ1n) is 17.7. The fraction of sp³-hybridized carbons (Fsp3) is 0.595. The minimum atomic E-state index is -3.86. The van der Waals surface area contributed by atoms with Crippen molar-refractivity contribution in [2.75, 3.05) is 25.4 Å². The Labute approximate surface area is 295 Å². The van der Waals surface area contributed by atoms with Crippen LogP contribution in [0.2, 0.25) is 0 Å². The average molecular weight is 721 g/mol. The van der Waals surface area contributed by atoms with Gasteiger partial charge < -0.3 is 26.0 Å². The van der Waals surface area contributed by atoms with Crippen LogP contribution >= 0.6 is 0 Å². The minimum Gasteiger partial charge on any atom is -0.458 e. The second-order valence-corrected chi connectivity index (χ2v) is 15.6. The maximum absolute atomic E-state index is 14.0. The molecule has 1 heterocycles. The lowest BCUT2D eigenvalue weighted by molar-refractivity contribution is -0.153. The van der Waals surface area contributed by atoms with Gasteiger partial charge in [-0.3, -0.25) is 9.59 Å². The van der Waals surface area contributed by atoms with E-state index in [4.69, 9.17) is 10.5 Å². The van der Waals surface area contributed by atoms with Crippen molar-refractivity contribution >= 4 is 27.6 Å². The van der Waals surface area contributed by atoms with Crippen molar-refractivity contribution in [2.45, 2.75) is 109 Å². The molecular weight excluding hydrogens is 666 g/mol. The number of benzene rings is 2. The number of nitrogens with two attached hydrogens (primary N) is 1. The van der Waals surface area contributed by atoms with Gasteiger partial charge >= 0.3 is 5.97 Å². The SMILES string of the molecule is CCCC(CCC)S(=O)(=O)C[C@@H](NC(=O)C1CCN(C(C)=O)CC1)C(=O)O[C@H](CNCc1cccc(CC)c1)[C@@H](N)Cc1cc(F)cc(F)c1. The molecule has 278 valence electrons. The summed E-state index contributed by atoms with van der Waals surface area (Å²) in [6.45, 7) is 8.50. The third-order valence-electron chi connectivity index (χ3n) is 9.25. The van der Waals surface area contributed by atoms with Crippen LogP contribution in [0.5, 0.6) is 0 Å². The molecule has 10 nitrogen and oxygen atoms in total. The van der Waals surface area contributed by atoms with E-state index in [9.17, 15) is 31.6 Å². The van der Waals surface area contributed by atoms with Gasteiger partial charge in [-0.1, -0.05) is 57.9 Å². The number of nitrogens with one attached hydrogen (secondary N) is 2. The van der Waals surface area contributed by atoms with Crippen molar-refractivity contribution in [3.8, 4) is 0 Å². The Morgan fingerprint density at radius 3 is 2.16 bits per heavy atom. The number of rotatable bonds is 19. The molecule has 1 saturated heterocycles. The van der Waals surface area contributed by atoms with Gasteiger partial charge in [0.2, 0.25) is 11.8 Å². The molecule has 0 bridgehead atoms. The van der Waals surface area contributed by atoms with Crippen molar-refractivity contribution in [3.63, 3.8) is 0 Å². The molecule has 50 heavy (non-hydrogen) atoms. The number of carbonyl (C=O) groups excluding carboxylic acids is 3. The highest BCUT2D eigenvalue weighted by molar-refractivity contribution is 7.92. The summed E-state index contributed by atoms with van der Waals surface area (Å²) in [4.78, 5) is 40.9. The smallest absolute Gasteiger partial charge is 0.330 e. The summed E-state index contributed by atoms with van der Waals surface area (Å²) in [5.74, 6) is -4.26.